The van der Waals surface area contributed by atoms with E-state index in [1.165, 1.54) is 141 Å². The Morgan fingerprint density at radius 1 is 0.543 bits per heavy atom. The number of hydrogen-bond donors (Lipinski definition) is 6. The van der Waals surface area contributed by atoms with Gasteiger partial charge in [-0.2, -0.15) is 0 Å². The standard InChI is InChI=1S/C59H109NO10/c1-4-7-10-13-16-19-22-25-26-27-29-31-34-37-40-43-46-52(63)58(67)60-50(51(62)45-42-39-36-33-30-24-21-18-15-12-9-6-3)49-68-59-57(56(66)55(65)53(48-61)69-59)70-54(64)47-44-41-38-35-32-28-23-20-17-14-11-8-5-2/h25-26,28,32,42,45,50-53,55-57,59,61-63,65-66H,4-24,27,29-31,33-41,43-44,46-49H2,1-3H3,(H,60,67)/b26-25+,32-28-,45-42+. The molecular weight excluding hydrogens is 883 g/mol. The second kappa shape index (κ2) is 47.9. The molecule has 1 aliphatic heterocycles. The number of carbonyl (C=O) groups is 2. The molecule has 0 bridgehead atoms. The van der Waals surface area contributed by atoms with Gasteiger partial charge in [-0.15, -0.1) is 0 Å². The number of hydrogen-bond acceptors (Lipinski definition) is 10. The van der Waals surface area contributed by atoms with E-state index in [1.54, 1.807) is 6.08 Å². The minimum absolute atomic E-state index is 0.104. The van der Waals surface area contributed by atoms with Gasteiger partial charge in [-0.3, -0.25) is 9.59 Å². The molecule has 0 aliphatic carbocycles. The summed E-state index contributed by atoms with van der Waals surface area (Å²) in [5.74, 6) is -1.21. The number of nitrogens with one attached hydrogen (secondary N) is 1. The van der Waals surface area contributed by atoms with Crippen LogP contribution < -0.4 is 5.32 Å². The molecule has 1 aliphatic rings. The van der Waals surface area contributed by atoms with Crippen LogP contribution in [0.4, 0.5) is 0 Å². The summed E-state index contributed by atoms with van der Waals surface area (Å²) in [6, 6.07) is -1.03. The minimum Gasteiger partial charge on any atom is -0.454 e. The van der Waals surface area contributed by atoms with Gasteiger partial charge in [0.2, 0.25) is 5.91 Å². The van der Waals surface area contributed by atoms with Crippen molar-refractivity contribution in [3.8, 4) is 0 Å². The van der Waals surface area contributed by atoms with Gasteiger partial charge < -0.3 is 45.1 Å². The molecule has 1 heterocycles. The first-order chi connectivity index (χ1) is 34.2. The van der Waals surface area contributed by atoms with E-state index in [1.807, 2.05) is 6.08 Å². The van der Waals surface area contributed by atoms with Gasteiger partial charge in [0.1, 0.15) is 24.4 Å². The molecule has 0 aromatic rings. The third kappa shape index (κ3) is 35.9. The molecule has 0 spiro atoms. The van der Waals surface area contributed by atoms with Gasteiger partial charge in [0, 0.05) is 6.42 Å². The normalized spacial score (nSPS) is 19.9. The van der Waals surface area contributed by atoms with Crippen LogP contribution in [0.2, 0.25) is 0 Å². The number of carbonyl (C=O) groups excluding carboxylic acids is 2. The van der Waals surface area contributed by atoms with Gasteiger partial charge >= 0.3 is 5.97 Å². The first kappa shape index (κ1) is 65.9. The highest BCUT2D eigenvalue weighted by Crippen LogP contribution is 2.26. The Labute approximate surface area is 428 Å². The van der Waals surface area contributed by atoms with Gasteiger partial charge in [0.05, 0.1) is 25.4 Å². The van der Waals surface area contributed by atoms with Gasteiger partial charge in [-0.05, 0) is 77.0 Å². The quantitative estimate of drug-likeness (QED) is 0.0195. The molecule has 8 unspecified atom stereocenters. The number of allylic oxidation sites excluding steroid dienone is 5. The van der Waals surface area contributed by atoms with Gasteiger partial charge in [0.15, 0.2) is 12.4 Å². The Morgan fingerprint density at radius 2 is 0.943 bits per heavy atom. The number of aliphatic hydroxyl groups is 5. The van der Waals surface area contributed by atoms with E-state index >= 15 is 0 Å². The second-order valence-corrected chi connectivity index (χ2v) is 20.4. The van der Waals surface area contributed by atoms with Crippen molar-refractivity contribution >= 4 is 11.9 Å². The van der Waals surface area contributed by atoms with Crippen molar-refractivity contribution in [2.75, 3.05) is 13.2 Å². The summed E-state index contributed by atoms with van der Waals surface area (Å²) >= 11 is 0. The van der Waals surface area contributed by atoms with Crippen molar-refractivity contribution in [2.45, 2.75) is 314 Å². The molecule has 0 radical (unpaired) electrons. The number of esters is 1. The molecule has 6 N–H and O–H groups in total. The smallest absolute Gasteiger partial charge is 0.306 e. The fraction of sp³-hybridized carbons (Fsp3) is 0.864. The number of unbranched alkanes of at least 4 members (excludes halogenated alkanes) is 31. The Morgan fingerprint density at radius 3 is 1.39 bits per heavy atom. The maximum atomic E-state index is 13.4. The topological polar surface area (TPSA) is 175 Å². The van der Waals surface area contributed by atoms with Crippen molar-refractivity contribution in [1.29, 1.82) is 0 Å². The van der Waals surface area contributed by atoms with Crippen LogP contribution in [-0.2, 0) is 23.8 Å². The molecular formula is C59H109NO10. The average molecular weight is 993 g/mol. The lowest BCUT2D eigenvalue weighted by Gasteiger charge is -2.41. The number of rotatable bonds is 49. The van der Waals surface area contributed by atoms with Crippen LogP contribution in [0.25, 0.3) is 0 Å². The maximum Gasteiger partial charge on any atom is 0.306 e. The SMILES string of the molecule is CCCCCCCC/C=C\CCCCCC(=O)OC1C(OCC(NC(=O)C(O)CCCCCCCC/C=C/CCCCCCCC)C(O)/C=C/CCCCCCCCCCCC)OC(CO)C(O)C1O. The molecule has 11 heteroatoms. The maximum absolute atomic E-state index is 13.4. The largest absolute Gasteiger partial charge is 0.454 e. The number of ether oxygens (including phenoxy) is 3. The molecule has 0 aromatic heterocycles. The zero-order valence-corrected chi connectivity index (χ0v) is 45.1. The average Bonchev–Trinajstić information content (AvgIpc) is 3.36. The lowest BCUT2D eigenvalue weighted by molar-refractivity contribution is -0.305. The van der Waals surface area contributed by atoms with Gasteiger partial charge in [-0.1, -0.05) is 218 Å². The summed E-state index contributed by atoms with van der Waals surface area (Å²) in [6.07, 6.45) is 44.7. The first-order valence-electron chi connectivity index (χ1n) is 29.3. The summed E-state index contributed by atoms with van der Waals surface area (Å²) in [5.41, 5.74) is 0. The molecule has 11 nitrogen and oxygen atoms in total. The lowest BCUT2D eigenvalue weighted by Crippen LogP contribution is -2.61. The Hall–Kier alpha value is -2.12. The molecule has 410 valence electrons. The van der Waals surface area contributed by atoms with E-state index in [9.17, 15) is 35.1 Å². The van der Waals surface area contributed by atoms with Crippen LogP contribution in [0.5, 0.6) is 0 Å². The highest BCUT2D eigenvalue weighted by molar-refractivity contribution is 5.80. The van der Waals surface area contributed by atoms with Gasteiger partial charge in [0.25, 0.3) is 0 Å². The molecule has 70 heavy (non-hydrogen) atoms. The van der Waals surface area contributed by atoms with E-state index in [-0.39, 0.29) is 19.4 Å². The first-order valence-corrected chi connectivity index (χ1v) is 29.3. The predicted octanol–water partition coefficient (Wildman–Crippen LogP) is 13.1. The second-order valence-electron chi connectivity index (χ2n) is 20.4. The van der Waals surface area contributed by atoms with Crippen LogP contribution in [0, 0.1) is 0 Å². The molecule has 1 saturated heterocycles. The third-order valence-corrected chi connectivity index (χ3v) is 13.8. The number of amides is 1. The lowest BCUT2D eigenvalue weighted by atomic mass is 9.99. The van der Waals surface area contributed by atoms with E-state index in [4.69, 9.17) is 14.2 Å². The fourth-order valence-corrected chi connectivity index (χ4v) is 9.05. The van der Waals surface area contributed by atoms with Crippen LogP contribution >= 0.6 is 0 Å². The number of aliphatic hydroxyl groups excluding tert-OH is 5. The zero-order valence-electron chi connectivity index (χ0n) is 45.1. The molecule has 1 rings (SSSR count). The van der Waals surface area contributed by atoms with Crippen LogP contribution in [-0.4, -0.2) is 99.6 Å². The van der Waals surface area contributed by atoms with Crippen LogP contribution in [0.1, 0.15) is 265 Å². The van der Waals surface area contributed by atoms with E-state index in [0.717, 1.165) is 77.0 Å². The molecule has 8 atom stereocenters. The van der Waals surface area contributed by atoms with Gasteiger partial charge in [-0.25, -0.2) is 0 Å². The summed E-state index contributed by atoms with van der Waals surface area (Å²) in [7, 11) is 0. The van der Waals surface area contributed by atoms with Crippen LogP contribution in [0.15, 0.2) is 36.5 Å². The Bertz CT molecular complexity index is 1280. The van der Waals surface area contributed by atoms with Crippen molar-refractivity contribution in [1.82, 2.24) is 5.32 Å². The zero-order chi connectivity index (χ0) is 51.1. The Kier molecular flexibility index (Phi) is 45.1. The van der Waals surface area contributed by atoms with Crippen LogP contribution in [0.3, 0.4) is 0 Å². The van der Waals surface area contributed by atoms with Crippen molar-refractivity contribution < 1.29 is 49.3 Å². The van der Waals surface area contributed by atoms with E-state index < -0.39 is 67.4 Å². The van der Waals surface area contributed by atoms with Crippen molar-refractivity contribution in [2.24, 2.45) is 0 Å². The highest BCUT2D eigenvalue weighted by Gasteiger charge is 2.47. The highest BCUT2D eigenvalue weighted by atomic mass is 16.7. The molecule has 1 amide bonds. The Balaban J connectivity index is 2.74. The van der Waals surface area contributed by atoms with E-state index in [0.29, 0.717) is 12.8 Å². The monoisotopic (exact) mass is 992 g/mol. The molecule has 0 aromatic carbocycles. The summed E-state index contributed by atoms with van der Waals surface area (Å²) in [4.78, 5) is 26.4. The minimum atomic E-state index is -1.62. The fourth-order valence-electron chi connectivity index (χ4n) is 9.05. The predicted molar refractivity (Wildman–Crippen MR) is 287 cm³/mol. The molecule has 1 fully saturated rings. The summed E-state index contributed by atoms with van der Waals surface area (Å²) < 4.78 is 17.5. The van der Waals surface area contributed by atoms with Crippen molar-refractivity contribution in [3.63, 3.8) is 0 Å². The molecule has 0 saturated carbocycles. The van der Waals surface area contributed by atoms with E-state index in [2.05, 4.69) is 50.4 Å². The van der Waals surface area contributed by atoms with Crippen molar-refractivity contribution in [3.05, 3.63) is 36.5 Å². The summed E-state index contributed by atoms with van der Waals surface area (Å²) in [5, 5.41) is 56.8. The third-order valence-electron chi connectivity index (χ3n) is 13.8. The summed E-state index contributed by atoms with van der Waals surface area (Å²) in [6.45, 7) is 5.76.